The van der Waals surface area contributed by atoms with Gasteiger partial charge in [-0.3, -0.25) is 0 Å². The number of ether oxygens (including phenoxy) is 1. The van der Waals surface area contributed by atoms with Crippen LogP contribution in [-0.4, -0.2) is 29.7 Å². The van der Waals surface area contributed by atoms with E-state index in [0.29, 0.717) is 11.6 Å². The lowest BCUT2D eigenvalue weighted by molar-refractivity contribution is 0.184. The van der Waals surface area contributed by atoms with Crippen LogP contribution in [0.25, 0.3) is 0 Å². The van der Waals surface area contributed by atoms with Crippen LogP contribution in [0.4, 0.5) is 5.82 Å². The summed E-state index contributed by atoms with van der Waals surface area (Å²) in [7, 11) is 1.69. The van der Waals surface area contributed by atoms with Crippen LogP contribution in [0, 0.1) is 0 Å². The Morgan fingerprint density at radius 2 is 2.38 bits per heavy atom. The van der Waals surface area contributed by atoms with Gasteiger partial charge in [-0.05, 0) is 18.6 Å². The summed E-state index contributed by atoms with van der Waals surface area (Å²) < 4.78 is 5.10. The van der Waals surface area contributed by atoms with Crippen LogP contribution in [0.5, 0.6) is 0 Å². The maximum absolute atomic E-state index is 5.49. The number of pyridine rings is 1. The van der Waals surface area contributed by atoms with Gasteiger partial charge in [-0.15, -0.1) is 0 Å². The number of hydrogen-bond acceptors (Lipinski definition) is 4. The van der Waals surface area contributed by atoms with Crippen molar-refractivity contribution in [1.29, 1.82) is 0 Å². The van der Waals surface area contributed by atoms with E-state index in [2.05, 4.69) is 17.2 Å². The number of nitrogens with two attached hydrogens (primary N) is 1. The summed E-state index contributed by atoms with van der Waals surface area (Å²) in [6.07, 6.45) is 2.65. The van der Waals surface area contributed by atoms with Crippen molar-refractivity contribution in [3.05, 3.63) is 23.9 Å². The van der Waals surface area contributed by atoms with Crippen molar-refractivity contribution >= 4 is 23.0 Å². The van der Waals surface area contributed by atoms with E-state index in [0.717, 1.165) is 17.8 Å². The summed E-state index contributed by atoms with van der Waals surface area (Å²) in [6, 6.07) is 4.00. The average molecular weight is 239 g/mol. The molecule has 4 nitrogen and oxygen atoms in total. The van der Waals surface area contributed by atoms with Crippen molar-refractivity contribution in [1.82, 2.24) is 4.98 Å². The fourth-order valence-corrected chi connectivity index (χ4v) is 1.42. The summed E-state index contributed by atoms with van der Waals surface area (Å²) in [5.74, 6) is 0.809. The van der Waals surface area contributed by atoms with Gasteiger partial charge in [0.15, 0.2) is 0 Å². The molecule has 0 fully saturated rings. The predicted octanol–water partition coefficient (Wildman–Crippen LogP) is 1.55. The molecule has 0 aromatic carbocycles. The van der Waals surface area contributed by atoms with Crippen molar-refractivity contribution in [3.8, 4) is 0 Å². The van der Waals surface area contributed by atoms with Gasteiger partial charge in [0.05, 0.1) is 12.6 Å². The first-order chi connectivity index (χ1) is 7.67. The molecule has 0 aliphatic heterocycles. The lowest BCUT2D eigenvalue weighted by Gasteiger charge is -2.16. The molecule has 0 bridgehead atoms. The van der Waals surface area contributed by atoms with Crippen LogP contribution in [0.3, 0.4) is 0 Å². The molecule has 1 aromatic rings. The molecule has 1 aromatic heterocycles. The van der Waals surface area contributed by atoms with E-state index < -0.39 is 0 Å². The van der Waals surface area contributed by atoms with Crippen molar-refractivity contribution in [2.24, 2.45) is 5.73 Å². The quantitative estimate of drug-likeness (QED) is 0.738. The highest BCUT2D eigenvalue weighted by Crippen LogP contribution is 2.08. The summed E-state index contributed by atoms with van der Waals surface area (Å²) in [6.45, 7) is 2.76. The maximum Gasteiger partial charge on any atom is 0.126 e. The highest BCUT2D eigenvalue weighted by atomic mass is 32.1. The minimum Gasteiger partial charge on any atom is -0.389 e. The summed E-state index contributed by atoms with van der Waals surface area (Å²) >= 11 is 4.85. The Labute approximate surface area is 101 Å². The molecule has 1 heterocycles. The Hall–Kier alpha value is -1.20. The molecule has 88 valence electrons. The highest BCUT2D eigenvalue weighted by Gasteiger charge is 2.06. The minimum atomic E-state index is 0.271. The van der Waals surface area contributed by atoms with Crippen LogP contribution in [-0.2, 0) is 4.74 Å². The molecule has 0 aliphatic rings. The standard InChI is InChI=1S/C11H17N3OS/c1-3-9(7-15-2)14-10-5-4-8(6-13-10)11(12)16/h4-6,9H,3,7H2,1-2H3,(H2,12,16)(H,13,14). The summed E-state index contributed by atoms with van der Waals surface area (Å²) in [5, 5.41) is 3.28. The molecule has 0 amide bonds. The molecular formula is C11H17N3OS. The Bertz CT molecular complexity index is 340. The zero-order chi connectivity index (χ0) is 12.0. The van der Waals surface area contributed by atoms with Gasteiger partial charge in [-0.2, -0.15) is 0 Å². The van der Waals surface area contributed by atoms with E-state index in [1.165, 1.54) is 0 Å². The van der Waals surface area contributed by atoms with Crippen LogP contribution < -0.4 is 11.1 Å². The molecule has 0 radical (unpaired) electrons. The Kier molecular flexibility index (Phi) is 5.14. The SMILES string of the molecule is CCC(COC)Nc1ccc(C(N)=S)cn1. The molecule has 16 heavy (non-hydrogen) atoms. The van der Waals surface area contributed by atoms with E-state index in [9.17, 15) is 0 Å². The van der Waals surface area contributed by atoms with Crippen LogP contribution in [0.1, 0.15) is 18.9 Å². The number of anilines is 1. The number of rotatable bonds is 6. The topological polar surface area (TPSA) is 60.2 Å². The van der Waals surface area contributed by atoms with E-state index >= 15 is 0 Å². The summed E-state index contributed by atoms with van der Waals surface area (Å²) in [5.41, 5.74) is 6.27. The van der Waals surface area contributed by atoms with Crippen molar-refractivity contribution in [2.75, 3.05) is 19.0 Å². The number of nitrogens with one attached hydrogen (secondary N) is 1. The smallest absolute Gasteiger partial charge is 0.126 e. The maximum atomic E-state index is 5.49. The normalized spacial score (nSPS) is 12.1. The molecule has 1 unspecified atom stereocenters. The molecule has 1 rings (SSSR count). The first-order valence-electron chi connectivity index (χ1n) is 5.18. The van der Waals surface area contributed by atoms with Crippen LogP contribution >= 0.6 is 12.2 Å². The molecule has 3 N–H and O–H groups in total. The average Bonchev–Trinajstić information content (AvgIpc) is 2.29. The molecule has 1 atom stereocenters. The van der Waals surface area contributed by atoms with Gasteiger partial charge < -0.3 is 15.8 Å². The highest BCUT2D eigenvalue weighted by molar-refractivity contribution is 7.80. The molecular weight excluding hydrogens is 222 g/mol. The third kappa shape index (κ3) is 3.75. The second kappa shape index (κ2) is 6.40. The van der Waals surface area contributed by atoms with Gasteiger partial charge in [0.25, 0.3) is 0 Å². The minimum absolute atomic E-state index is 0.271. The number of aromatic nitrogens is 1. The van der Waals surface area contributed by atoms with Gasteiger partial charge in [-0.25, -0.2) is 4.98 Å². The zero-order valence-electron chi connectivity index (χ0n) is 9.56. The number of thiocarbonyl (C=S) groups is 1. The Morgan fingerprint density at radius 3 is 2.81 bits per heavy atom. The van der Waals surface area contributed by atoms with Gasteiger partial charge in [0.2, 0.25) is 0 Å². The van der Waals surface area contributed by atoms with E-state index in [4.69, 9.17) is 22.7 Å². The third-order valence-electron chi connectivity index (χ3n) is 2.26. The number of hydrogen-bond donors (Lipinski definition) is 2. The monoisotopic (exact) mass is 239 g/mol. The molecule has 0 aliphatic carbocycles. The van der Waals surface area contributed by atoms with Gasteiger partial charge in [0.1, 0.15) is 10.8 Å². The molecule has 0 spiro atoms. The molecule has 0 saturated heterocycles. The van der Waals surface area contributed by atoms with Gasteiger partial charge >= 0.3 is 0 Å². The fraction of sp³-hybridized carbons (Fsp3) is 0.455. The predicted molar refractivity (Wildman–Crippen MR) is 69.7 cm³/mol. The zero-order valence-corrected chi connectivity index (χ0v) is 10.4. The first-order valence-corrected chi connectivity index (χ1v) is 5.59. The lowest BCUT2D eigenvalue weighted by Crippen LogP contribution is -2.24. The van der Waals surface area contributed by atoms with Crippen molar-refractivity contribution in [2.45, 2.75) is 19.4 Å². The molecule has 0 saturated carbocycles. The van der Waals surface area contributed by atoms with Crippen molar-refractivity contribution in [3.63, 3.8) is 0 Å². The fourth-order valence-electron chi connectivity index (χ4n) is 1.30. The molecule has 5 heteroatoms. The van der Waals surface area contributed by atoms with E-state index in [1.807, 2.05) is 12.1 Å². The van der Waals surface area contributed by atoms with Crippen molar-refractivity contribution < 1.29 is 4.74 Å². The van der Waals surface area contributed by atoms with Crippen LogP contribution in [0.2, 0.25) is 0 Å². The van der Waals surface area contributed by atoms with Gasteiger partial charge in [-0.1, -0.05) is 19.1 Å². The lowest BCUT2D eigenvalue weighted by atomic mass is 10.2. The Balaban J connectivity index is 2.63. The van der Waals surface area contributed by atoms with E-state index in [-0.39, 0.29) is 6.04 Å². The largest absolute Gasteiger partial charge is 0.389 e. The second-order valence-corrected chi connectivity index (χ2v) is 3.94. The number of nitrogens with zero attached hydrogens (tertiary/aromatic N) is 1. The van der Waals surface area contributed by atoms with Crippen LogP contribution in [0.15, 0.2) is 18.3 Å². The third-order valence-corrected chi connectivity index (χ3v) is 2.50. The first kappa shape index (κ1) is 12.9. The number of methoxy groups -OCH3 is 1. The van der Waals surface area contributed by atoms with Gasteiger partial charge in [0, 0.05) is 18.9 Å². The Morgan fingerprint density at radius 1 is 1.62 bits per heavy atom. The second-order valence-electron chi connectivity index (χ2n) is 3.50. The summed E-state index contributed by atoms with van der Waals surface area (Å²) in [4.78, 5) is 4.60. The van der Waals surface area contributed by atoms with E-state index in [1.54, 1.807) is 13.3 Å².